The molecule has 5 heteroatoms. The molecule has 2 fully saturated rings. The summed E-state index contributed by atoms with van der Waals surface area (Å²) in [5.74, 6) is 1.76. The van der Waals surface area contributed by atoms with Crippen molar-refractivity contribution >= 4 is 17.5 Å². The highest BCUT2D eigenvalue weighted by atomic mass is 35.5. The van der Waals surface area contributed by atoms with Gasteiger partial charge in [-0.2, -0.15) is 5.10 Å². The number of nitrogens with zero attached hydrogens (tertiary/aromatic N) is 3. The molecule has 0 bridgehead atoms. The third kappa shape index (κ3) is 2.96. The molecule has 2 aliphatic rings. The first-order valence-electron chi connectivity index (χ1n) is 8.03. The van der Waals surface area contributed by atoms with Crippen molar-refractivity contribution in [3.63, 3.8) is 0 Å². The lowest BCUT2D eigenvalue weighted by Gasteiger charge is -2.41. The van der Waals surface area contributed by atoms with Crippen LogP contribution in [-0.4, -0.2) is 33.7 Å². The minimum atomic E-state index is 0.182. The maximum Gasteiger partial charge on any atom is 0.244 e. The molecule has 1 aromatic rings. The SMILES string of the molecule is Cc1nn(CC(=O)N2CCC3CCCCC3C2)c(C)c1Cl. The summed E-state index contributed by atoms with van der Waals surface area (Å²) in [6.07, 6.45) is 6.53. The van der Waals surface area contributed by atoms with Gasteiger partial charge in [-0.1, -0.05) is 30.9 Å². The fourth-order valence-corrected chi connectivity index (χ4v) is 4.02. The minimum Gasteiger partial charge on any atom is -0.341 e. The Labute approximate surface area is 131 Å². The van der Waals surface area contributed by atoms with Crippen LogP contribution in [0, 0.1) is 25.7 Å². The summed E-state index contributed by atoms with van der Waals surface area (Å²) < 4.78 is 1.74. The number of carbonyl (C=O) groups is 1. The number of amides is 1. The fraction of sp³-hybridized carbons (Fsp3) is 0.750. The third-order valence-electron chi connectivity index (χ3n) is 5.22. The number of carbonyl (C=O) groups excluding carboxylic acids is 1. The number of hydrogen-bond donors (Lipinski definition) is 0. The van der Waals surface area contributed by atoms with Crippen molar-refractivity contribution in [3.05, 3.63) is 16.4 Å². The summed E-state index contributed by atoms with van der Waals surface area (Å²) in [4.78, 5) is 14.6. The molecule has 1 aromatic heterocycles. The number of aromatic nitrogens is 2. The van der Waals surface area contributed by atoms with Gasteiger partial charge in [-0.05, 0) is 38.5 Å². The second kappa shape index (κ2) is 5.99. The van der Waals surface area contributed by atoms with Gasteiger partial charge < -0.3 is 4.90 Å². The molecule has 1 saturated heterocycles. The van der Waals surface area contributed by atoms with Gasteiger partial charge >= 0.3 is 0 Å². The molecule has 1 amide bonds. The number of piperidine rings is 1. The molecule has 2 heterocycles. The van der Waals surface area contributed by atoms with Gasteiger partial charge in [0.2, 0.25) is 5.91 Å². The van der Waals surface area contributed by atoms with E-state index in [9.17, 15) is 4.79 Å². The first kappa shape index (κ1) is 14.9. The van der Waals surface area contributed by atoms with Crippen molar-refractivity contribution in [2.75, 3.05) is 13.1 Å². The van der Waals surface area contributed by atoms with Gasteiger partial charge in [0.15, 0.2) is 0 Å². The van der Waals surface area contributed by atoms with Crippen molar-refractivity contribution in [2.24, 2.45) is 11.8 Å². The van der Waals surface area contributed by atoms with Crippen LogP contribution in [0.15, 0.2) is 0 Å². The minimum absolute atomic E-state index is 0.182. The molecule has 4 nitrogen and oxygen atoms in total. The Morgan fingerprint density at radius 2 is 1.95 bits per heavy atom. The number of aryl methyl sites for hydroxylation is 1. The van der Waals surface area contributed by atoms with Gasteiger partial charge in [-0.3, -0.25) is 9.48 Å². The lowest BCUT2D eigenvalue weighted by molar-refractivity contribution is -0.135. The average Bonchev–Trinajstić information content (AvgIpc) is 2.74. The van der Waals surface area contributed by atoms with Gasteiger partial charge in [0.05, 0.1) is 16.4 Å². The second-order valence-corrected chi connectivity index (χ2v) is 6.95. The molecule has 0 N–H and O–H groups in total. The quantitative estimate of drug-likeness (QED) is 0.841. The molecule has 0 spiro atoms. The summed E-state index contributed by atoms with van der Waals surface area (Å²) >= 11 is 6.15. The smallest absolute Gasteiger partial charge is 0.244 e. The van der Waals surface area contributed by atoms with Gasteiger partial charge in [0.25, 0.3) is 0 Å². The number of fused-ring (bicyclic) bond motifs is 1. The Hall–Kier alpha value is -1.03. The summed E-state index contributed by atoms with van der Waals surface area (Å²) in [7, 11) is 0. The molecular weight excluding hydrogens is 286 g/mol. The Balaban J connectivity index is 1.64. The summed E-state index contributed by atoms with van der Waals surface area (Å²) in [5.41, 5.74) is 1.68. The highest BCUT2D eigenvalue weighted by molar-refractivity contribution is 6.31. The molecule has 3 rings (SSSR count). The summed E-state index contributed by atoms with van der Waals surface area (Å²) in [6, 6.07) is 0. The van der Waals surface area contributed by atoms with Crippen LogP contribution in [0.4, 0.5) is 0 Å². The first-order chi connectivity index (χ1) is 10.1. The van der Waals surface area contributed by atoms with Crippen molar-refractivity contribution in [3.8, 4) is 0 Å². The molecular formula is C16H24ClN3O. The maximum atomic E-state index is 12.5. The van der Waals surface area contributed by atoms with Crippen LogP contribution in [0.1, 0.15) is 43.5 Å². The van der Waals surface area contributed by atoms with Gasteiger partial charge in [-0.25, -0.2) is 0 Å². The van der Waals surface area contributed by atoms with Crippen molar-refractivity contribution < 1.29 is 4.79 Å². The van der Waals surface area contributed by atoms with Crippen molar-refractivity contribution in [1.29, 1.82) is 0 Å². The van der Waals surface area contributed by atoms with E-state index in [1.54, 1.807) is 4.68 Å². The van der Waals surface area contributed by atoms with Gasteiger partial charge in [0, 0.05) is 13.1 Å². The normalized spacial score (nSPS) is 25.8. The van der Waals surface area contributed by atoms with E-state index in [2.05, 4.69) is 5.10 Å². The largest absolute Gasteiger partial charge is 0.341 e. The number of rotatable bonds is 2. The van der Waals surface area contributed by atoms with E-state index in [1.165, 1.54) is 32.1 Å². The molecule has 1 saturated carbocycles. The number of halogens is 1. The van der Waals surface area contributed by atoms with E-state index in [-0.39, 0.29) is 5.91 Å². The van der Waals surface area contributed by atoms with E-state index in [4.69, 9.17) is 11.6 Å². The molecule has 21 heavy (non-hydrogen) atoms. The first-order valence-corrected chi connectivity index (χ1v) is 8.41. The van der Waals surface area contributed by atoms with Gasteiger partial charge in [0.1, 0.15) is 6.54 Å². The molecule has 1 aliphatic carbocycles. The summed E-state index contributed by atoms with van der Waals surface area (Å²) in [5, 5.41) is 5.04. The molecule has 0 radical (unpaired) electrons. The third-order valence-corrected chi connectivity index (χ3v) is 5.77. The zero-order chi connectivity index (χ0) is 15.0. The molecule has 0 aromatic carbocycles. The zero-order valence-electron chi connectivity index (χ0n) is 12.9. The molecule has 1 aliphatic heterocycles. The van der Waals surface area contributed by atoms with Crippen LogP contribution in [0.25, 0.3) is 0 Å². The lowest BCUT2D eigenvalue weighted by Crippen LogP contribution is -2.46. The molecule has 116 valence electrons. The van der Waals surface area contributed by atoms with Crippen molar-refractivity contribution in [1.82, 2.24) is 14.7 Å². The van der Waals surface area contributed by atoms with Crippen molar-refractivity contribution in [2.45, 2.75) is 52.5 Å². The standard InChI is InChI=1S/C16H24ClN3O/c1-11-16(17)12(2)20(18-11)10-15(21)19-8-7-13-5-3-4-6-14(13)9-19/h13-14H,3-10H2,1-2H3. The topological polar surface area (TPSA) is 38.1 Å². The van der Waals surface area contributed by atoms with E-state index in [0.717, 1.165) is 36.3 Å². The highest BCUT2D eigenvalue weighted by Gasteiger charge is 2.33. The van der Waals surface area contributed by atoms with Crippen LogP contribution in [0.3, 0.4) is 0 Å². The van der Waals surface area contributed by atoms with Crippen LogP contribution < -0.4 is 0 Å². The average molecular weight is 310 g/mol. The Morgan fingerprint density at radius 3 is 2.62 bits per heavy atom. The molecule has 2 unspecified atom stereocenters. The van der Waals surface area contributed by atoms with Crippen LogP contribution in [0.2, 0.25) is 5.02 Å². The Bertz CT molecular complexity index is 540. The fourth-order valence-electron chi connectivity index (χ4n) is 3.88. The predicted molar refractivity (Wildman–Crippen MR) is 83.4 cm³/mol. The van der Waals surface area contributed by atoms with E-state index in [1.807, 2.05) is 18.7 Å². The van der Waals surface area contributed by atoms with E-state index < -0.39 is 0 Å². The second-order valence-electron chi connectivity index (χ2n) is 6.58. The highest BCUT2D eigenvalue weighted by Crippen LogP contribution is 2.36. The van der Waals surface area contributed by atoms with E-state index in [0.29, 0.717) is 11.6 Å². The predicted octanol–water partition coefficient (Wildman–Crippen LogP) is 3.19. The molecule has 2 atom stereocenters. The maximum absolute atomic E-state index is 12.5. The number of hydrogen-bond acceptors (Lipinski definition) is 2. The lowest BCUT2D eigenvalue weighted by atomic mass is 9.75. The van der Waals surface area contributed by atoms with Crippen LogP contribution in [-0.2, 0) is 11.3 Å². The van der Waals surface area contributed by atoms with Gasteiger partial charge in [-0.15, -0.1) is 0 Å². The number of likely N-dealkylation sites (tertiary alicyclic amines) is 1. The van der Waals surface area contributed by atoms with Crippen LogP contribution >= 0.6 is 11.6 Å². The Kier molecular flexibility index (Phi) is 4.25. The van der Waals surface area contributed by atoms with Crippen LogP contribution in [0.5, 0.6) is 0 Å². The summed E-state index contributed by atoms with van der Waals surface area (Å²) in [6.45, 7) is 5.97. The zero-order valence-corrected chi connectivity index (χ0v) is 13.7. The van der Waals surface area contributed by atoms with E-state index >= 15 is 0 Å². The Morgan fingerprint density at radius 1 is 1.24 bits per heavy atom. The monoisotopic (exact) mass is 309 g/mol.